The number of nitriles is 1. The van der Waals surface area contributed by atoms with E-state index >= 15 is 0 Å². The van der Waals surface area contributed by atoms with Crippen LogP contribution in [0.5, 0.6) is 0 Å². The smallest absolute Gasteiger partial charge is 0.103 e. The van der Waals surface area contributed by atoms with Crippen molar-refractivity contribution in [3.05, 3.63) is 23.0 Å². The van der Waals surface area contributed by atoms with Crippen LogP contribution in [0, 0.1) is 31.1 Å². The molecule has 0 aliphatic heterocycles. The molecule has 0 fully saturated rings. The Balaban J connectivity index is 3.05. The van der Waals surface area contributed by atoms with Crippen molar-refractivity contribution in [2.24, 2.45) is 5.92 Å². The average molecular weight is 247 g/mol. The predicted molar refractivity (Wildman–Crippen MR) is 72.4 cm³/mol. The maximum atomic E-state index is 9.19. The van der Waals surface area contributed by atoms with E-state index < -0.39 is 0 Å². The van der Waals surface area contributed by atoms with Gasteiger partial charge >= 0.3 is 0 Å². The first kappa shape index (κ1) is 14.5. The summed E-state index contributed by atoms with van der Waals surface area (Å²) in [6, 6.07) is 4.23. The number of aromatic nitrogens is 1. The molecule has 0 aliphatic rings. The van der Waals surface area contributed by atoms with Crippen molar-refractivity contribution in [2.75, 3.05) is 11.9 Å². The number of pyridine rings is 1. The molecule has 1 aromatic heterocycles. The molecule has 1 heterocycles. The zero-order chi connectivity index (χ0) is 13.7. The summed E-state index contributed by atoms with van der Waals surface area (Å²) in [4.78, 5) is 4.29. The second kappa shape index (κ2) is 6.36. The maximum absolute atomic E-state index is 9.19. The van der Waals surface area contributed by atoms with Crippen molar-refractivity contribution in [3.8, 4) is 6.07 Å². The highest BCUT2D eigenvalue weighted by molar-refractivity contribution is 5.60. The molecular weight excluding hydrogens is 226 g/mol. The Labute approximate surface area is 109 Å². The molecule has 1 atom stereocenters. The summed E-state index contributed by atoms with van der Waals surface area (Å²) in [5.41, 5.74) is 3.03. The summed E-state index contributed by atoms with van der Waals surface area (Å²) < 4.78 is 0. The van der Waals surface area contributed by atoms with Gasteiger partial charge in [0.15, 0.2) is 0 Å². The molecule has 1 unspecified atom stereocenters. The van der Waals surface area contributed by atoms with Gasteiger partial charge in [0.05, 0.1) is 16.9 Å². The molecule has 0 saturated carbocycles. The van der Waals surface area contributed by atoms with Crippen LogP contribution in [-0.2, 0) is 0 Å². The second-order valence-electron chi connectivity index (χ2n) is 4.89. The number of nitrogens with zero attached hydrogens (tertiary/aromatic N) is 2. The Hall–Kier alpha value is -1.60. The van der Waals surface area contributed by atoms with Crippen molar-refractivity contribution in [1.82, 2.24) is 4.98 Å². The molecule has 4 nitrogen and oxygen atoms in total. The number of rotatable bonds is 5. The fourth-order valence-electron chi connectivity index (χ4n) is 1.99. The van der Waals surface area contributed by atoms with E-state index in [0.29, 0.717) is 17.9 Å². The molecule has 0 saturated heterocycles. The lowest BCUT2D eigenvalue weighted by molar-refractivity contribution is 0.267. The van der Waals surface area contributed by atoms with Gasteiger partial charge in [-0.05, 0) is 32.3 Å². The van der Waals surface area contributed by atoms with E-state index in [-0.39, 0.29) is 12.6 Å². The quantitative estimate of drug-likeness (QED) is 0.838. The number of nitrogens with one attached hydrogen (secondary N) is 1. The summed E-state index contributed by atoms with van der Waals surface area (Å²) >= 11 is 0. The summed E-state index contributed by atoms with van der Waals surface area (Å²) in [6.07, 6.45) is 0.670. The van der Waals surface area contributed by atoms with Gasteiger partial charge in [0.25, 0.3) is 0 Å². The van der Waals surface area contributed by atoms with Crippen LogP contribution in [0.4, 0.5) is 5.69 Å². The molecule has 0 spiro atoms. The zero-order valence-corrected chi connectivity index (χ0v) is 11.5. The van der Waals surface area contributed by atoms with Crippen LogP contribution in [0.3, 0.4) is 0 Å². The Morgan fingerprint density at radius 2 is 2.11 bits per heavy atom. The van der Waals surface area contributed by atoms with E-state index in [1.54, 1.807) is 0 Å². The maximum Gasteiger partial charge on any atom is 0.103 e. The van der Waals surface area contributed by atoms with Crippen LogP contribution in [0.1, 0.15) is 37.2 Å². The number of aliphatic hydroxyl groups is 1. The Kier molecular flexibility index (Phi) is 5.11. The van der Waals surface area contributed by atoms with Crippen LogP contribution in [0.25, 0.3) is 0 Å². The molecular formula is C14H21N3O. The van der Waals surface area contributed by atoms with Gasteiger partial charge in [0.2, 0.25) is 0 Å². The minimum Gasteiger partial charge on any atom is -0.396 e. The molecule has 0 aromatic carbocycles. The molecule has 4 heteroatoms. The lowest BCUT2D eigenvalue weighted by atomic mass is 10.00. The minimum atomic E-state index is 0.140. The van der Waals surface area contributed by atoms with Crippen molar-refractivity contribution >= 4 is 5.69 Å². The van der Waals surface area contributed by atoms with Gasteiger partial charge in [-0.25, -0.2) is 0 Å². The topological polar surface area (TPSA) is 68.9 Å². The monoisotopic (exact) mass is 247 g/mol. The van der Waals surface area contributed by atoms with Crippen molar-refractivity contribution < 1.29 is 5.11 Å². The minimum absolute atomic E-state index is 0.140. The Morgan fingerprint density at radius 3 is 2.61 bits per heavy atom. The lowest BCUT2D eigenvalue weighted by Gasteiger charge is -2.23. The van der Waals surface area contributed by atoms with Crippen molar-refractivity contribution in [3.63, 3.8) is 0 Å². The highest BCUT2D eigenvalue weighted by Crippen LogP contribution is 2.22. The Morgan fingerprint density at radius 1 is 1.44 bits per heavy atom. The largest absolute Gasteiger partial charge is 0.396 e. The van der Waals surface area contributed by atoms with Gasteiger partial charge in [-0.1, -0.05) is 13.8 Å². The van der Waals surface area contributed by atoms with Gasteiger partial charge in [0, 0.05) is 18.3 Å². The second-order valence-corrected chi connectivity index (χ2v) is 4.89. The van der Waals surface area contributed by atoms with E-state index in [1.807, 2.05) is 19.9 Å². The van der Waals surface area contributed by atoms with Crippen molar-refractivity contribution in [1.29, 1.82) is 5.26 Å². The third kappa shape index (κ3) is 3.44. The van der Waals surface area contributed by atoms with E-state index in [4.69, 9.17) is 5.11 Å². The highest BCUT2D eigenvalue weighted by atomic mass is 16.3. The SMILES string of the molecule is Cc1cc(NC(CCO)C(C)C)c(C#N)c(C)n1. The number of aryl methyl sites for hydroxylation is 2. The summed E-state index contributed by atoms with van der Waals surface area (Å²) in [5.74, 6) is 0.387. The molecule has 0 radical (unpaired) electrons. The molecule has 1 aromatic rings. The molecule has 2 N–H and O–H groups in total. The third-order valence-electron chi connectivity index (χ3n) is 3.03. The van der Waals surface area contributed by atoms with E-state index in [0.717, 1.165) is 17.1 Å². The molecule has 98 valence electrons. The van der Waals surface area contributed by atoms with E-state index in [9.17, 15) is 5.26 Å². The molecule has 0 bridgehead atoms. The summed E-state index contributed by atoms with van der Waals surface area (Å²) in [7, 11) is 0. The van der Waals surface area contributed by atoms with Crippen LogP contribution in [0.2, 0.25) is 0 Å². The first-order chi connectivity index (χ1) is 8.49. The molecule has 18 heavy (non-hydrogen) atoms. The number of anilines is 1. The molecule has 1 rings (SSSR count). The van der Waals surface area contributed by atoms with E-state index in [1.165, 1.54) is 0 Å². The summed E-state index contributed by atoms with van der Waals surface area (Å²) in [5, 5.41) is 21.6. The van der Waals surface area contributed by atoms with Gasteiger partial charge in [-0.15, -0.1) is 0 Å². The number of hydrogen-bond acceptors (Lipinski definition) is 4. The molecule has 0 amide bonds. The predicted octanol–water partition coefficient (Wildman–Crippen LogP) is 2.39. The van der Waals surface area contributed by atoms with Gasteiger partial charge in [0.1, 0.15) is 6.07 Å². The highest BCUT2D eigenvalue weighted by Gasteiger charge is 2.16. The standard InChI is InChI=1S/C14H21N3O/c1-9(2)13(5-6-18)17-14-7-10(3)16-11(4)12(14)8-15/h7,9,13,18H,5-6H2,1-4H3,(H,16,17). The number of hydrogen-bond donors (Lipinski definition) is 2. The van der Waals surface area contributed by atoms with Crippen LogP contribution < -0.4 is 5.32 Å². The molecule has 0 aliphatic carbocycles. The van der Waals surface area contributed by atoms with Gasteiger partial charge < -0.3 is 10.4 Å². The Bertz CT molecular complexity index is 449. The van der Waals surface area contributed by atoms with Crippen LogP contribution in [0.15, 0.2) is 6.07 Å². The first-order valence-electron chi connectivity index (χ1n) is 6.25. The lowest BCUT2D eigenvalue weighted by Crippen LogP contribution is -2.27. The van der Waals surface area contributed by atoms with E-state index in [2.05, 4.69) is 30.2 Å². The fraction of sp³-hybridized carbons (Fsp3) is 0.571. The fourth-order valence-corrected chi connectivity index (χ4v) is 1.99. The number of aliphatic hydroxyl groups excluding tert-OH is 1. The summed E-state index contributed by atoms with van der Waals surface area (Å²) in [6.45, 7) is 8.09. The van der Waals surface area contributed by atoms with Gasteiger partial charge in [-0.2, -0.15) is 5.26 Å². The average Bonchev–Trinajstić information content (AvgIpc) is 2.27. The first-order valence-corrected chi connectivity index (χ1v) is 6.25. The van der Waals surface area contributed by atoms with Crippen molar-refractivity contribution in [2.45, 2.75) is 40.2 Å². The zero-order valence-electron chi connectivity index (χ0n) is 11.5. The van der Waals surface area contributed by atoms with Gasteiger partial charge in [-0.3, -0.25) is 4.98 Å². The van der Waals surface area contributed by atoms with Crippen LogP contribution >= 0.6 is 0 Å². The normalized spacial score (nSPS) is 12.3. The van der Waals surface area contributed by atoms with Crippen LogP contribution in [-0.4, -0.2) is 22.7 Å². The third-order valence-corrected chi connectivity index (χ3v) is 3.03.